The molecule has 1 aromatic rings. The van der Waals surface area contributed by atoms with Crippen LogP contribution < -0.4 is 10.2 Å². The number of benzene rings is 1. The number of nitrogens with one attached hydrogen (secondary N) is 1. The number of nitrogens with zero attached hydrogens (tertiary/aromatic N) is 1. The Labute approximate surface area is 125 Å². The Kier molecular flexibility index (Phi) is 6.11. The molecule has 0 aromatic heterocycles. The van der Waals surface area contributed by atoms with Crippen molar-refractivity contribution in [3.05, 3.63) is 28.8 Å². The van der Waals surface area contributed by atoms with E-state index in [1.807, 2.05) is 32.2 Å². The molecule has 1 atom stereocenters. The van der Waals surface area contributed by atoms with Crippen LogP contribution in [0.4, 0.5) is 5.69 Å². The minimum Gasteiger partial charge on any atom is -0.316 e. The van der Waals surface area contributed by atoms with E-state index in [9.17, 15) is 4.79 Å². The number of hydrogen-bond donors (Lipinski definition) is 1. The molecule has 1 unspecified atom stereocenters. The molecular formula is C14H20Cl2N2O. The highest BCUT2D eigenvalue weighted by atomic mass is 35.5. The van der Waals surface area contributed by atoms with E-state index in [2.05, 4.69) is 5.32 Å². The highest BCUT2D eigenvalue weighted by molar-refractivity contribution is 6.31. The van der Waals surface area contributed by atoms with E-state index in [-0.39, 0.29) is 24.2 Å². The van der Waals surface area contributed by atoms with Gasteiger partial charge in [0.15, 0.2) is 0 Å². The van der Waals surface area contributed by atoms with E-state index in [0.717, 1.165) is 37.2 Å². The Morgan fingerprint density at radius 2 is 2.21 bits per heavy atom. The Hall–Kier alpha value is -0.770. The second-order valence-corrected chi connectivity index (χ2v) is 5.28. The van der Waals surface area contributed by atoms with Crippen LogP contribution in [0.5, 0.6) is 0 Å². The highest BCUT2D eigenvalue weighted by Crippen LogP contribution is 2.24. The van der Waals surface area contributed by atoms with Crippen molar-refractivity contribution >= 4 is 35.6 Å². The van der Waals surface area contributed by atoms with Crippen molar-refractivity contribution in [1.82, 2.24) is 5.32 Å². The normalized spacial score (nSPS) is 18.6. The first-order valence-corrected chi connectivity index (χ1v) is 6.72. The first-order chi connectivity index (χ1) is 8.59. The first kappa shape index (κ1) is 16.3. The average Bonchev–Trinajstić information content (AvgIpc) is 2.41. The molecule has 0 aliphatic carbocycles. The van der Waals surface area contributed by atoms with Gasteiger partial charge in [-0.05, 0) is 44.0 Å². The van der Waals surface area contributed by atoms with E-state index in [1.165, 1.54) is 0 Å². The second-order valence-electron chi connectivity index (χ2n) is 4.87. The van der Waals surface area contributed by atoms with Gasteiger partial charge in [-0.15, -0.1) is 12.4 Å². The van der Waals surface area contributed by atoms with Crippen LogP contribution in [0.2, 0.25) is 5.02 Å². The summed E-state index contributed by atoms with van der Waals surface area (Å²) in [5, 5.41) is 3.97. The maximum atomic E-state index is 12.3. The Balaban J connectivity index is 0.00000180. The summed E-state index contributed by atoms with van der Waals surface area (Å²) in [5.74, 6) is 0.256. The van der Waals surface area contributed by atoms with Gasteiger partial charge in [-0.2, -0.15) is 0 Å². The van der Waals surface area contributed by atoms with Gasteiger partial charge in [0.2, 0.25) is 5.91 Å². The smallest absolute Gasteiger partial charge is 0.231 e. The number of anilines is 1. The van der Waals surface area contributed by atoms with Gasteiger partial charge in [0, 0.05) is 24.3 Å². The molecule has 0 saturated carbocycles. The fourth-order valence-corrected chi connectivity index (χ4v) is 2.43. The van der Waals surface area contributed by atoms with Crippen molar-refractivity contribution in [2.45, 2.75) is 19.8 Å². The van der Waals surface area contributed by atoms with Gasteiger partial charge in [-0.25, -0.2) is 0 Å². The van der Waals surface area contributed by atoms with Gasteiger partial charge in [-0.1, -0.05) is 17.7 Å². The van der Waals surface area contributed by atoms with Crippen LogP contribution >= 0.6 is 24.0 Å². The molecule has 0 radical (unpaired) electrons. The van der Waals surface area contributed by atoms with Gasteiger partial charge in [0.25, 0.3) is 0 Å². The number of aryl methyl sites for hydroxylation is 1. The molecule has 1 heterocycles. The zero-order chi connectivity index (χ0) is 13.1. The maximum absolute atomic E-state index is 12.3. The van der Waals surface area contributed by atoms with Crippen LogP contribution in [0.3, 0.4) is 0 Å². The van der Waals surface area contributed by atoms with E-state index < -0.39 is 0 Å². The minimum absolute atomic E-state index is 0. The topological polar surface area (TPSA) is 32.3 Å². The predicted octanol–water partition coefficient (Wildman–Crippen LogP) is 3.03. The third-order valence-corrected chi connectivity index (χ3v) is 3.93. The van der Waals surface area contributed by atoms with Crippen molar-refractivity contribution in [3.63, 3.8) is 0 Å². The third kappa shape index (κ3) is 3.85. The lowest BCUT2D eigenvalue weighted by Crippen LogP contribution is -2.41. The van der Waals surface area contributed by atoms with Gasteiger partial charge in [-0.3, -0.25) is 4.79 Å². The number of halogens is 2. The molecule has 1 amide bonds. The van der Waals surface area contributed by atoms with Crippen molar-refractivity contribution in [2.75, 3.05) is 25.0 Å². The van der Waals surface area contributed by atoms with Gasteiger partial charge in [0.05, 0.1) is 5.92 Å². The molecule has 1 aromatic carbocycles. The van der Waals surface area contributed by atoms with Gasteiger partial charge >= 0.3 is 0 Å². The molecule has 0 spiro atoms. The molecule has 3 nitrogen and oxygen atoms in total. The first-order valence-electron chi connectivity index (χ1n) is 6.34. The van der Waals surface area contributed by atoms with Crippen LogP contribution in [0.15, 0.2) is 18.2 Å². The molecule has 106 valence electrons. The van der Waals surface area contributed by atoms with Crippen LogP contribution in [0, 0.1) is 12.8 Å². The fraction of sp³-hybridized carbons (Fsp3) is 0.500. The summed E-state index contributed by atoms with van der Waals surface area (Å²) in [6.45, 7) is 3.76. The lowest BCUT2D eigenvalue weighted by molar-refractivity contribution is -0.122. The highest BCUT2D eigenvalue weighted by Gasteiger charge is 2.24. The van der Waals surface area contributed by atoms with Crippen LogP contribution in [-0.4, -0.2) is 26.0 Å². The van der Waals surface area contributed by atoms with Crippen LogP contribution in [0.1, 0.15) is 18.4 Å². The molecule has 1 N–H and O–H groups in total. The zero-order valence-electron chi connectivity index (χ0n) is 11.3. The summed E-state index contributed by atoms with van der Waals surface area (Å²) in [6.07, 6.45) is 2.04. The molecular weight excluding hydrogens is 283 g/mol. The monoisotopic (exact) mass is 302 g/mol. The van der Waals surface area contributed by atoms with Crippen molar-refractivity contribution < 1.29 is 4.79 Å². The number of hydrogen-bond acceptors (Lipinski definition) is 2. The van der Waals surface area contributed by atoms with E-state index >= 15 is 0 Å². The molecule has 5 heteroatoms. The molecule has 2 rings (SSSR count). The lowest BCUT2D eigenvalue weighted by atomic mass is 9.98. The third-order valence-electron chi connectivity index (χ3n) is 3.52. The van der Waals surface area contributed by atoms with Crippen LogP contribution in [0.25, 0.3) is 0 Å². The molecule has 1 aliphatic heterocycles. The molecule has 0 bridgehead atoms. The molecule has 1 saturated heterocycles. The minimum atomic E-state index is 0. The van der Waals surface area contributed by atoms with Crippen molar-refractivity contribution in [3.8, 4) is 0 Å². The number of carbonyl (C=O) groups is 1. The number of piperidine rings is 1. The lowest BCUT2D eigenvalue weighted by Gasteiger charge is -2.27. The zero-order valence-corrected chi connectivity index (χ0v) is 12.9. The summed E-state index contributed by atoms with van der Waals surface area (Å²) < 4.78 is 0. The predicted molar refractivity (Wildman–Crippen MR) is 82.4 cm³/mol. The summed E-state index contributed by atoms with van der Waals surface area (Å²) >= 11 is 6.10. The number of rotatable bonds is 2. The second kappa shape index (κ2) is 7.13. The van der Waals surface area contributed by atoms with Gasteiger partial charge < -0.3 is 10.2 Å². The van der Waals surface area contributed by atoms with E-state index in [0.29, 0.717) is 5.02 Å². The summed E-state index contributed by atoms with van der Waals surface area (Å²) in [6, 6.07) is 5.74. The van der Waals surface area contributed by atoms with Crippen molar-refractivity contribution in [2.24, 2.45) is 5.92 Å². The number of carbonyl (C=O) groups excluding carboxylic acids is 1. The summed E-state index contributed by atoms with van der Waals surface area (Å²) in [7, 11) is 1.82. The van der Waals surface area contributed by atoms with Crippen molar-refractivity contribution in [1.29, 1.82) is 0 Å². The Morgan fingerprint density at radius 1 is 1.47 bits per heavy atom. The quantitative estimate of drug-likeness (QED) is 0.911. The summed E-state index contributed by atoms with van der Waals surface area (Å²) in [5.41, 5.74) is 1.89. The standard InChI is InChI=1S/C14H19ClN2O.ClH/c1-10-5-6-12(8-13(10)15)17(2)14(18)11-4-3-7-16-9-11;/h5-6,8,11,16H,3-4,7,9H2,1-2H3;1H. The largest absolute Gasteiger partial charge is 0.316 e. The maximum Gasteiger partial charge on any atom is 0.231 e. The number of amides is 1. The average molecular weight is 303 g/mol. The SMILES string of the molecule is Cc1ccc(N(C)C(=O)C2CCCNC2)cc1Cl.Cl. The van der Waals surface area contributed by atoms with Crippen LogP contribution in [-0.2, 0) is 4.79 Å². The van der Waals surface area contributed by atoms with Gasteiger partial charge in [0.1, 0.15) is 0 Å². The van der Waals surface area contributed by atoms with E-state index in [1.54, 1.807) is 4.90 Å². The molecule has 1 fully saturated rings. The molecule has 1 aliphatic rings. The fourth-order valence-electron chi connectivity index (χ4n) is 2.25. The Morgan fingerprint density at radius 3 is 2.79 bits per heavy atom. The summed E-state index contributed by atoms with van der Waals surface area (Å²) in [4.78, 5) is 14.0. The van der Waals surface area contributed by atoms with E-state index in [4.69, 9.17) is 11.6 Å². The molecule has 19 heavy (non-hydrogen) atoms. The Bertz CT molecular complexity index is 445.